The Morgan fingerprint density at radius 3 is 1.06 bits per heavy atom. The Kier molecular flexibility index (Phi) is 82.3. The van der Waals surface area contributed by atoms with E-state index in [9.17, 15) is 28.8 Å². The molecule has 1 aliphatic rings. The molecule has 0 saturated carbocycles. The first-order valence-electron chi connectivity index (χ1n) is 36.7. The van der Waals surface area contributed by atoms with Gasteiger partial charge in [0.25, 0.3) is 0 Å². The van der Waals surface area contributed by atoms with Crippen molar-refractivity contribution in [1.82, 2.24) is 0 Å². The van der Waals surface area contributed by atoms with Crippen molar-refractivity contribution in [2.75, 3.05) is 26.4 Å². The van der Waals surface area contributed by atoms with E-state index >= 15 is 0 Å². The summed E-state index contributed by atoms with van der Waals surface area (Å²) in [5.74, 6) is 1.47. The molecule has 0 bridgehead atoms. The van der Waals surface area contributed by atoms with Crippen molar-refractivity contribution in [3.05, 3.63) is 192 Å². The summed E-state index contributed by atoms with van der Waals surface area (Å²) in [5, 5.41) is 8.70. The van der Waals surface area contributed by atoms with Crippen LogP contribution in [0.2, 0.25) is 51.4 Å². The van der Waals surface area contributed by atoms with Gasteiger partial charge < -0.3 is 33.6 Å². The second-order valence-electron chi connectivity index (χ2n) is 26.6. The van der Waals surface area contributed by atoms with Crippen molar-refractivity contribution in [3.63, 3.8) is 0 Å². The first-order valence-corrected chi connectivity index (χ1v) is 44.1. The number of hydrogen-bond donors (Lipinski definition) is 1. The van der Waals surface area contributed by atoms with Crippen LogP contribution in [0.25, 0.3) is 11.1 Å². The van der Waals surface area contributed by atoms with Gasteiger partial charge in [0, 0.05) is 56.7 Å². The maximum absolute atomic E-state index is 11.0. The number of hydrogen-bond acceptors (Lipinski definition) is 12. The molecule has 0 aliphatic heterocycles. The third-order valence-electron chi connectivity index (χ3n) is 12.1. The normalized spacial score (nSPS) is 9.79. The highest BCUT2D eigenvalue weighted by molar-refractivity contribution is 6.76. The SMILES string of the molecule is C=CCCC.C=CCOC(C)=O.CC.CC.CC(=O)OCC(C)C.CC(=O)OCC1c2ccccc2-c2ccccc21.CC(=O)OCC[Si](C)(C)C.CC(=O)OCc1ccccc1.CC(C)=O.CC(C)C[Si](C)(C)C.CCC.CCC(C)C.CCc1ccc(CO)cc1.CCc1ccccc1. The van der Waals surface area contributed by atoms with E-state index in [1.54, 1.807) is 0 Å². The number of unbranched alkanes of at least 4 members (excludes halogenated alkanes) is 1. The first kappa shape index (κ1) is 110. The molecule has 0 fully saturated rings. The zero-order chi connectivity index (χ0) is 79.8. The quantitative estimate of drug-likeness (QED) is 0.0360. The molecule has 576 valence electrons. The van der Waals surface area contributed by atoms with Crippen molar-refractivity contribution in [3.8, 4) is 11.1 Å². The van der Waals surface area contributed by atoms with Crippen LogP contribution in [0.15, 0.2) is 159 Å². The topological polar surface area (TPSA) is 169 Å². The van der Waals surface area contributed by atoms with Gasteiger partial charge in [-0.15, -0.1) is 6.58 Å². The van der Waals surface area contributed by atoms with Crippen LogP contribution in [-0.2, 0) is 78.5 Å². The number of aliphatic hydroxyl groups excluding tert-OH is 1. The van der Waals surface area contributed by atoms with Crippen LogP contribution in [0, 0.1) is 17.8 Å². The number of carbonyl (C=O) groups is 6. The number of carbonyl (C=O) groups excluding carboxylic acids is 6. The molecule has 0 atom stereocenters. The molecular weight excluding hydrogens is 1290 g/mol. The Labute approximate surface area is 621 Å². The summed E-state index contributed by atoms with van der Waals surface area (Å²) in [6.45, 7) is 67.4. The molecule has 5 aromatic carbocycles. The van der Waals surface area contributed by atoms with Gasteiger partial charge in [0.05, 0.1) is 19.8 Å². The van der Waals surface area contributed by atoms with Crippen LogP contribution >= 0.6 is 0 Å². The molecule has 5 aromatic rings. The monoisotopic (exact) mass is 1440 g/mol. The highest BCUT2D eigenvalue weighted by Gasteiger charge is 2.28. The second kappa shape index (κ2) is 75.7. The van der Waals surface area contributed by atoms with Crippen molar-refractivity contribution >= 4 is 51.8 Å². The van der Waals surface area contributed by atoms with Crippen molar-refractivity contribution in [2.24, 2.45) is 17.8 Å². The lowest BCUT2D eigenvalue weighted by molar-refractivity contribution is -0.143. The maximum atomic E-state index is 11.0. The molecule has 0 heterocycles. The van der Waals surface area contributed by atoms with E-state index in [1.165, 1.54) is 113 Å². The van der Waals surface area contributed by atoms with Gasteiger partial charge in [0.15, 0.2) is 0 Å². The van der Waals surface area contributed by atoms with E-state index in [4.69, 9.17) is 19.3 Å². The largest absolute Gasteiger partial charge is 0.466 e. The van der Waals surface area contributed by atoms with Gasteiger partial charge >= 0.3 is 29.8 Å². The molecule has 12 nitrogen and oxygen atoms in total. The lowest BCUT2D eigenvalue weighted by atomic mass is 9.98. The molecule has 6 rings (SSSR count). The molecule has 1 aliphatic carbocycles. The standard InChI is InChI=1S/C16H14O2.C9H10O2.C9H12O.C8H10.C7H16O2Si.C7H18Si.C6H12O2.C5H8O2.C5H12.C5H10.C3H6O.C3H8.2C2H6/c1-11(17)18-10-16-14-8-4-2-6-12(14)13-7-3-5-9-15(13)16;1-8(10)11-7-9-5-3-2-4-6-9;1-2-8-3-5-9(7-10)6-4-8;1-2-8-6-4-3-5-7-8;1-7(8)9-5-6-10(2,3)4;1-7(2)6-8(3,4)5;1-5(2)4-8-6(3)7;1-3-4-7-5(2)6;1-4-5(2)3;1-3-5-4-2;1-3(2)4;1-3-2;2*1-2/h2-9,16H,10H2,1H3;2-6H,7H2,1H3;3-6,10H,2,7H2,1H3;3-7H,2H2,1H3;5-6H2,1-4H3;7H,6H2,1-5H3;5H,4H2,1-3H3;3H,1,4H2,2H3;5H,4H2,1-3H3;3H,1,4-5H2,2H3;1-2H3;3H2,1-2H3;2*1-2H3. The molecule has 14 heteroatoms. The van der Waals surface area contributed by atoms with E-state index in [0.717, 1.165) is 48.3 Å². The van der Waals surface area contributed by atoms with Crippen molar-refractivity contribution < 1.29 is 57.6 Å². The Hall–Kier alpha value is -7.01. The summed E-state index contributed by atoms with van der Waals surface area (Å²) in [6, 6.07) is 47.2. The fourth-order valence-electron chi connectivity index (χ4n) is 7.38. The molecule has 0 amide bonds. The van der Waals surface area contributed by atoms with Crippen LogP contribution in [-0.4, -0.2) is 83.3 Å². The number of rotatable bonds is 19. The van der Waals surface area contributed by atoms with Crippen molar-refractivity contribution in [2.45, 2.75) is 268 Å². The number of aryl methyl sites for hydroxylation is 2. The number of esters is 5. The van der Waals surface area contributed by atoms with Gasteiger partial charge in [0.2, 0.25) is 0 Å². The van der Waals surface area contributed by atoms with Crippen molar-refractivity contribution in [1.29, 1.82) is 0 Å². The lowest BCUT2D eigenvalue weighted by Gasteiger charge is -2.17. The first-order chi connectivity index (χ1) is 47.4. The number of benzene rings is 5. The van der Waals surface area contributed by atoms with Gasteiger partial charge in [-0.3, -0.25) is 24.0 Å². The molecule has 0 aromatic heterocycles. The summed E-state index contributed by atoms with van der Waals surface area (Å²) in [4.78, 5) is 61.2. The Balaban J connectivity index is -0.000000159. The summed E-state index contributed by atoms with van der Waals surface area (Å²) in [6.07, 6.45) is 10.6. The van der Waals surface area contributed by atoms with Crippen LogP contribution in [0.5, 0.6) is 0 Å². The fourth-order valence-corrected chi connectivity index (χ4v) is 10.5. The minimum absolute atomic E-state index is 0.143. The third-order valence-corrected chi connectivity index (χ3v) is 15.8. The summed E-state index contributed by atoms with van der Waals surface area (Å²) >= 11 is 0. The fraction of sp³-hybridized carbons (Fsp3) is 0.540. The second-order valence-corrected chi connectivity index (χ2v) is 37.7. The summed E-state index contributed by atoms with van der Waals surface area (Å²) < 4.78 is 23.9. The van der Waals surface area contributed by atoms with Crippen LogP contribution in [0.3, 0.4) is 0 Å². The highest BCUT2D eigenvalue weighted by atomic mass is 28.3. The minimum atomic E-state index is -1.00. The highest BCUT2D eigenvalue weighted by Crippen LogP contribution is 2.44. The van der Waals surface area contributed by atoms with E-state index < -0.39 is 16.1 Å². The number of Topliss-reactive ketones (excluding diaryl/α,β-unsaturated/α-hetero) is 1. The van der Waals surface area contributed by atoms with E-state index in [0.29, 0.717) is 39.0 Å². The van der Waals surface area contributed by atoms with Gasteiger partial charge in [0.1, 0.15) is 25.6 Å². The Morgan fingerprint density at radius 1 is 0.455 bits per heavy atom. The smallest absolute Gasteiger partial charge is 0.302 e. The van der Waals surface area contributed by atoms with E-state index in [-0.39, 0.29) is 48.2 Å². The number of ether oxygens (including phenoxy) is 5. The van der Waals surface area contributed by atoms with Gasteiger partial charge in [-0.2, -0.15) is 0 Å². The van der Waals surface area contributed by atoms with Crippen LogP contribution < -0.4 is 0 Å². The zero-order valence-electron chi connectivity index (χ0n) is 69.4. The number of fused-ring (bicyclic) bond motifs is 3. The lowest BCUT2D eigenvalue weighted by Crippen LogP contribution is -2.22. The average molecular weight is 1440 g/mol. The Morgan fingerprint density at radius 2 is 0.812 bits per heavy atom. The van der Waals surface area contributed by atoms with Gasteiger partial charge in [-0.05, 0) is 101 Å². The summed E-state index contributed by atoms with van der Waals surface area (Å²) in [7, 11) is -1.72. The zero-order valence-corrected chi connectivity index (χ0v) is 71.4. The molecule has 0 unspecified atom stereocenters. The molecule has 0 saturated heterocycles. The average Bonchev–Trinajstić information content (AvgIpc) is 1.62. The molecular formula is C87H148O12Si2. The predicted octanol–water partition coefficient (Wildman–Crippen LogP) is 24.0. The molecule has 1 N–H and O–H groups in total. The molecule has 101 heavy (non-hydrogen) atoms. The van der Waals surface area contributed by atoms with E-state index in [2.05, 4.69) is 180 Å². The maximum Gasteiger partial charge on any atom is 0.302 e. The third kappa shape index (κ3) is 87.2. The molecule has 0 radical (unpaired) electrons. The predicted molar refractivity (Wildman–Crippen MR) is 441 cm³/mol. The number of ketones is 1. The van der Waals surface area contributed by atoms with Gasteiger partial charge in [-0.1, -0.05) is 328 Å². The number of allylic oxidation sites excluding steroid dienone is 1. The molecule has 0 spiro atoms. The van der Waals surface area contributed by atoms with E-state index in [1.807, 2.05) is 133 Å². The van der Waals surface area contributed by atoms with Crippen LogP contribution in [0.4, 0.5) is 0 Å². The van der Waals surface area contributed by atoms with Crippen LogP contribution in [0.1, 0.15) is 224 Å². The van der Waals surface area contributed by atoms with Gasteiger partial charge in [-0.25, -0.2) is 0 Å². The summed E-state index contributed by atoms with van der Waals surface area (Å²) in [5.41, 5.74) is 9.74. The number of aliphatic hydroxyl groups is 1. The Bertz CT molecular complexity index is 2650. The minimum Gasteiger partial charge on any atom is -0.466 e.